The van der Waals surface area contributed by atoms with Gasteiger partial charge in [-0.15, -0.1) is 0 Å². The number of amidine groups is 2. The van der Waals surface area contributed by atoms with Crippen LogP contribution in [0, 0.1) is 5.92 Å². The van der Waals surface area contributed by atoms with E-state index in [1.54, 1.807) is 4.90 Å². The molecule has 2 heterocycles. The van der Waals surface area contributed by atoms with Gasteiger partial charge in [-0.2, -0.15) is 0 Å². The number of amides is 2. The van der Waals surface area contributed by atoms with E-state index >= 15 is 0 Å². The Labute approximate surface area is 186 Å². The number of rotatable bonds is 6. The summed E-state index contributed by atoms with van der Waals surface area (Å²) in [5.41, 5.74) is 2.80. The van der Waals surface area contributed by atoms with Crippen molar-refractivity contribution in [3.05, 3.63) is 65.7 Å². The Balaban J connectivity index is 1.48. The first-order valence-electron chi connectivity index (χ1n) is 10.5. The molecular formula is C24H26N4O2S. The molecule has 31 heavy (non-hydrogen) atoms. The van der Waals surface area contributed by atoms with Crippen molar-refractivity contribution in [2.24, 2.45) is 15.9 Å². The van der Waals surface area contributed by atoms with E-state index < -0.39 is 11.3 Å². The molecular weight excluding hydrogens is 408 g/mol. The average molecular weight is 435 g/mol. The molecule has 2 aliphatic rings. The predicted molar refractivity (Wildman–Crippen MR) is 126 cm³/mol. The van der Waals surface area contributed by atoms with Gasteiger partial charge < -0.3 is 5.32 Å². The summed E-state index contributed by atoms with van der Waals surface area (Å²) in [5.74, 6) is 0.562. The van der Waals surface area contributed by atoms with Gasteiger partial charge in [0.2, 0.25) is 5.91 Å². The Kier molecular flexibility index (Phi) is 6.23. The van der Waals surface area contributed by atoms with Gasteiger partial charge in [0, 0.05) is 12.1 Å². The van der Waals surface area contributed by atoms with Crippen LogP contribution >= 0.6 is 11.8 Å². The van der Waals surface area contributed by atoms with Crippen molar-refractivity contribution in [2.45, 2.75) is 38.5 Å². The van der Waals surface area contributed by atoms with Crippen molar-refractivity contribution < 1.29 is 9.59 Å². The second-order valence-corrected chi connectivity index (χ2v) is 9.32. The lowest BCUT2D eigenvalue weighted by Crippen LogP contribution is -2.43. The molecule has 2 amide bonds. The van der Waals surface area contributed by atoms with Gasteiger partial charge in [0.25, 0.3) is 5.91 Å². The van der Waals surface area contributed by atoms with Gasteiger partial charge >= 0.3 is 0 Å². The van der Waals surface area contributed by atoms with Crippen molar-refractivity contribution in [2.75, 3.05) is 6.54 Å². The second-order valence-electron chi connectivity index (χ2n) is 8.01. The molecule has 0 bridgehead atoms. The van der Waals surface area contributed by atoms with E-state index in [0.29, 0.717) is 17.5 Å². The lowest BCUT2D eigenvalue weighted by atomic mass is 10.1. The molecule has 2 atom stereocenters. The number of carbonyl (C=O) groups is 2. The van der Waals surface area contributed by atoms with Crippen LogP contribution in [0.1, 0.15) is 31.9 Å². The van der Waals surface area contributed by atoms with E-state index in [2.05, 4.69) is 5.32 Å². The van der Waals surface area contributed by atoms with Gasteiger partial charge in [-0.25, -0.2) is 9.89 Å². The number of carbonyl (C=O) groups excluding carboxylic acids is 2. The van der Waals surface area contributed by atoms with Crippen molar-refractivity contribution >= 4 is 40.3 Å². The van der Waals surface area contributed by atoms with Crippen LogP contribution in [0.15, 0.2) is 64.6 Å². The van der Waals surface area contributed by atoms with Gasteiger partial charge in [-0.05, 0) is 37.0 Å². The zero-order valence-corrected chi connectivity index (χ0v) is 18.7. The summed E-state index contributed by atoms with van der Waals surface area (Å²) in [7, 11) is 0. The monoisotopic (exact) mass is 434 g/mol. The number of hydrogen-bond donors (Lipinski definition) is 1. The smallest absolute Gasteiger partial charge is 0.259 e. The summed E-state index contributed by atoms with van der Waals surface area (Å²) in [6.45, 7) is 6.38. The molecule has 0 radical (unpaired) electrons. The summed E-state index contributed by atoms with van der Waals surface area (Å²) in [6.07, 6.45) is 0.774. The van der Waals surface area contributed by atoms with Crippen LogP contribution in [0.25, 0.3) is 0 Å². The molecule has 0 saturated heterocycles. The Morgan fingerprint density at radius 1 is 1.10 bits per heavy atom. The van der Waals surface area contributed by atoms with E-state index in [4.69, 9.17) is 9.98 Å². The van der Waals surface area contributed by atoms with Crippen molar-refractivity contribution in [1.82, 2.24) is 10.2 Å². The summed E-state index contributed by atoms with van der Waals surface area (Å²) in [6, 6.07) is 17.3. The highest BCUT2D eigenvalue weighted by Gasteiger charge is 2.43. The maximum atomic E-state index is 13.1. The highest BCUT2D eigenvalue weighted by molar-refractivity contribution is 8.15. The molecule has 160 valence electrons. The number of aliphatic imine (C=N–C) groups is 2. The number of benzene rings is 2. The van der Waals surface area contributed by atoms with Gasteiger partial charge in [0.1, 0.15) is 11.9 Å². The number of thioether (sulfide) groups is 1. The third-order valence-corrected chi connectivity index (χ3v) is 6.39. The van der Waals surface area contributed by atoms with Crippen LogP contribution < -0.4 is 5.32 Å². The van der Waals surface area contributed by atoms with Gasteiger partial charge in [-0.3, -0.25) is 14.6 Å². The number of hydrogen-bond acceptors (Lipinski definition) is 5. The zero-order valence-electron chi connectivity index (χ0n) is 17.9. The maximum absolute atomic E-state index is 13.1. The fourth-order valence-electron chi connectivity index (χ4n) is 3.61. The molecule has 2 aromatic rings. The summed E-state index contributed by atoms with van der Waals surface area (Å²) in [4.78, 5) is 36.8. The van der Waals surface area contributed by atoms with E-state index in [9.17, 15) is 9.59 Å². The molecule has 0 aliphatic carbocycles. The molecule has 6 nitrogen and oxygen atoms in total. The highest BCUT2D eigenvalue weighted by Crippen LogP contribution is 2.35. The second kappa shape index (κ2) is 9.06. The van der Waals surface area contributed by atoms with E-state index in [1.807, 2.05) is 75.4 Å². The maximum Gasteiger partial charge on any atom is 0.259 e. The number of para-hydroxylation sites is 1. The third kappa shape index (κ3) is 4.42. The fourth-order valence-corrected chi connectivity index (χ4v) is 4.55. The van der Waals surface area contributed by atoms with Crippen LogP contribution in [0.2, 0.25) is 0 Å². The lowest BCUT2D eigenvalue weighted by molar-refractivity contribution is -0.125. The normalized spacial score (nSPS) is 18.3. The topological polar surface area (TPSA) is 74.1 Å². The first-order chi connectivity index (χ1) is 15.0. The predicted octanol–water partition coefficient (Wildman–Crippen LogP) is 3.78. The Bertz CT molecular complexity index is 1050. The van der Waals surface area contributed by atoms with E-state index in [1.165, 1.54) is 17.3 Å². The molecule has 7 heteroatoms. The molecule has 0 unspecified atom stereocenters. The minimum atomic E-state index is -0.429. The number of nitrogens with one attached hydrogen (secondary N) is 1. The summed E-state index contributed by atoms with van der Waals surface area (Å²) < 4.78 is 0. The molecule has 0 saturated carbocycles. The van der Waals surface area contributed by atoms with Crippen molar-refractivity contribution in [3.8, 4) is 0 Å². The van der Waals surface area contributed by atoms with E-state index in [0.717, 1.165) is 17.7 Å². The molecule has 2 aromatic carbocycles. The minimum Gasteiger partial charge on any atom is -0.355 e. The molecule has 0 fully saturated rings. The van der Waals surface area contributed by atoms with Crippen LogP contribution in [-0.4, -0.2) is 45.6 Å². The van der Waals surface area contributed by atoms with Gasteiger partial charge in [0.05, 0.1) is 10.9 Å². The molecule has 2 aliphatic heterocycles. The minimum absolute atomic E-state index is 0.0759. The largest absolute Gasteiger partial charge is 0.355 e. The first-order valence-corrected chi connectivity index (χ1v) is 11.4. The first kappa shape index (κ1) is 21.3. The summed E-state index contributed by atoms with van der Waals surface area (Å²) in [5, 5.41) is 3.10. The molecule has 1 N–H and O–H groups in total. The zero-order chi connectivity index (χ0) is 22.0. The standard InChI is InChI=1S/C24H26N4O2S/c1-15(2)20-23(30)28-21(27-20)18-11-7-8-12-19(18)26-24(28)31-16(3)22(29)25-14-13-17-9-5-4-6-10-17/h4-12,15-16,20H,13-14H2,1-3H3,(H,25,29)/t16-,20+/m0/s1. The Hall–Kier alpha value is -2.93. The van der Waals surface area contributed by atoms with Gasteiger partial charge in [0.15, 0.2) is 5.17 Å². The number of fused-ring (bicyclic) bond motifs is 3. The Morgan fingerprint density at radius 3 is 2.55 bits per heavy atom. The quantitative estimate of drug-likeness (QED) is 0.752. The summed E-state index contributed by atoms with van der Waals surface area (Å²) >= 11 is 1.29. The van der Waals surface area contributed by atoms with E-state index in [-0.39, 0.29) is 17.7 Å². The Morgan fingerprint density at radius 2 is 1.81 bits per heavy atom. The molecule has 4 rings (SSSR count). The third-order valence-electron chi connectivity index (χ3n) is 5.34. The lowest BCUT2D eigenvalue weighted by Gasteiger charge is -2.27. The van der Waals surface area contributed by atoms with Crippen molar-refractivity contribution in [1.29, 1.82) is 0 Å². The van der Waals surface area contributed by atoms with Crippen LogP contribution in [0.4, 0.5) is 5.69 Å². The number of nitrogens with zero attached hydrogens (tertiary/aromatic N) is 3. The highest BCUT2D eigenvalue weighted by atomic mass is 32.2. The molecule has 0 spiro atoms. The van der Waals surface area contributed by atoms with Gasteiger partial charge in [-0.1, -0.05) is 68.1 Å². The fraction of sp³-hybridized carbons (Fsp3) is 0.333. The van der Waals surface area contributed by atoms with Crippen molar-refractivity contribution in [3.63, 3.8) is 0 Å². The van der Waals surface area contributed by atoms with Crippen LogP contribution in [0.5, 0.6) is 0 Å². The van der Waals surface area contributed by atoms with Crippen LogP contribution in [0.3, 0.4) is 0 Å². The average Bonchev–Trinajstić information content (AvgIpc) is 3.12. The van der Waals surface area contributed by atoms with Crippen LogP contribution in [-0.2, 0) is 16.0 Å². The SMILES string of the molecule is CC(C)[C@H]1N=C2c3ccccc3N=C(S[C@@H](C)C(=O)NCCc3ccccc3)N2C1=O. The molecule has 0 aromatic heterocycles.